The summed E-state index contributed by atoms with van der Waals surface area (Å²) in [4.78, 5) is 18.7. The maximum Gasteiger partial charge on any atom is 0.225 e. The van der Waals surface area contributed by atoms with Crippen LogP contribution >= 0.6 is 11.3 Å². The Morgan fingerprint density at radius 2 is 1.86 bits per heavy atom. The van der Waals surface area contributed by atoms with E-state index < -0.39 is 24.2 Å². The fraction of sp³-hybridized carbons (Fsp3) is 0.360. The lowest BCUT2D eigenvalue weighted by atomic mass is 10.1. The molecule has 35 heavy (non-hydrogen) atoms. The zero-order valence-corrected chi connectivity index (χ0v) is 20.3. The summed E-state index contributed by atoms with van der Waals surface area (Å²) < 4.78 is 1.05. The molecule has 5 atom stereocenters. The van der Waals surface area contributed by atoms with Gasteiger partial charge >= 0.3 is 0 Å². The largest absolute Gasteiger partial charge is 0.396 e. The van der Waals surface area contributed by atoms with Crippen molar-refractivity contribution >= 4 is 33.3 Å². The van der Waals surface area contributed by atoms with E-state index >= 15 is 0 Å². The van der Waals surface area contributed by atoms with E-state index in [0.717, 1.165) is 32.2 Å². The summed E-state index contributed by atoms with van der Waals surface area (Å²) in [5.74, 6) is 0.528. The van der Waals surface area contributed by atoms with Gasteiger partial charge in [-0.05, 0) is 44.5 Å². The van der Waals surface area contributed by atoms with Crippen molar-refractivity contribution in [3.05, 3.63) is 60.0 Å². The molecule has 0 amide bonds. The van der Waals surface area contributed by atoms with Crippen molar-refractivity contribution < 1.29 is 15.3 Å². The predicted octanol–water partition coefficient (Wildman–Crippen LogP) is 3.14. The van der Waals surface area contributed by atoms with Crippen LogP contribution in [0.15, 0.2) is 48.7 Å². The molecule has 5 rings (SSSR count). The first-order chi connectivity index (χ1) is 16.9. The number of nitrogens with zero attached hydrogens (tertiary/aromatic N) is 4. The van der Waals surface area contributed by atoms with E-state index in [1.807, 2.05) is 56.3 Å². The van der Waals surface area contributed by atoms with Gasteiger partial charge in [-0.15, -0.1) is 11.3 Å². The number of para-hydroxylation sites is 1. The van der Waals surface area contributed by atoms with Gasteiger partial charge in [0.2, 0.25) is 5.95 Å². The van der Waals surface area contributed by atoms with Gasteiger partial charge in [-0.1, -0.05) is 18.2 Å². The van der Waals surface area contributed by atoms with Crippen LogP contribution < -0.4 is 10.6 Å². The lowest BCUT2D eigenvalue weighted by Gasteiger charge is -2.22. The van der Waals surface area contributed by atoms with E-state index in [1.54, 1.807) is 17.5 Å². The van der Waals surface area contributed by atoms with Crippen molar-refractivity contribution in [3.8, 4) is 10.6 Å². The number of hydrogen-bond donors (Lipinski definition) is 5. The Labute approximate surface area is 207 Å². The number of aromatic nitrogens is 4. The molecule has 1 fully saturated rings. The zero-order chi connectivity index (χ0) is 24.5. The standard InChI is InChI=1S/C25H28N6O3S/c1-13(16-7-5-6-10-26-16)27-25-28-14(2)20(24-30-17-8-3-4-9-19(17)35-24)23(31-25)29-18-11-15(12-32)21(33)22(18)34/h3-10,13,15,18,21-22,32-34H,11-12H2,1-2H3,(H2,27,28,29,31)/t13?,15-,18-,21-,22+/m1/s1. The average molecular weight is 493 g/mol. The molecule has 1 aromatic carbocycles. The number of benzene rings is 1. The minimum Gasteiger partial charge on any atom is -0.396 e. The Hall–Kier alpha value is -3.18. The van der Waals surface area contributed by atoms with Crippen LogP contribution in [0.25, 0.3) is 20.8 Å². The van der Waals surface area contributed by atoms with E-state index in [-0.39, 0.29) is 12.6 Å². The van der Waals surface area contributed by atoms with Gasteiger partial charge in [0, 0.05) is 18.7 Å². The molecule has 10 heteroatoms. The fourth-order valence-corrected chi connectivity index (χ4v) is 5.56. The van der Waals surface area contributed by atoms with Crippen LogP contribution in [0.3, 0.4) is 0 Å². The van der Waals surface area contributed by atoms with Crippen LogP contribution in [-0.4, -0.2) is 60.1 Å². The van der Waals surface area contributed by atoms with Crippen molar-refractivity contribution in [3.63, 3.8) is 0 Å². The molecular formula is C25H28N6O3S. The van der Waals surface area contributed by atoms with Crippen LogP contribution in [0.4, 0.5) is 11.8 Å². The topological polar surface area (TPSA) is 136 Å². The summed E-state index contributed by atoms with van der Waals surface area (Å²) in [5, 5.41) is 38.0. The average Bonchev–Trinajstić information content (AvgIpc) is 3.40. The van der Waals surface area contributed by atoms with E-state index in [4.69, 9.17) is 15.0 Å². The lowest BCUT2D eigenvalue weighted by molar-refractivity contribution is 0.00446. The second-order valence-electron chi connectivity index (χ2n) is 8.87. The van der Waals surface area contributed by atoms with Gasteiger partial charge in [0.15, 0.2) is 0 Å². The second-order valence-corrected chi connectivity index (χ2v) is 9.90. The Balaban J connectivity index is 1.54. The Kier molecular flexibility index (Phi) is 6.61. The first kappa shape index (κ1) is 23.6. The van der Waals surface area contributed by atoms with Crippen molar-refractivity contribution in [2.75, 3.05) is 17.2 Å². The minimum atomic E-state index is -1.03. The van der Waals surface area contributed by atoms with E-state index in [2.05, 4.69) is 15.6 Å². The van der Waals surface area contributed by atoms with Crippen LogP contribution in [0, 0.1) is 12.8 Å². The summed E-state index contributed by atoms with van der Waals surface area (Å²) in [6.45, 7) is 3.69. The summed E-state index contributed by atoms with van der Waals surface area (Å²) in [6, 6.07) is 13.0. The minimum absolute atomic E-state index is 0.130. The summed E-state index contributed by atoms with van der Waals surface area (Å²) in [5.41, 5.74) is 3.22. The smallest absolute Gasteiger partial charge is 0.225 e. The molecule has 1 unspecified atom stereocenters. The SMILES string of the molecule is Cc1nc(NC(C)c2ccccn2)nc(N[C@@H]2C[C@H](CO)[C@@H](O)[C@H]2O)c1-c1nc2ccccc2s1. The molecule has 182 valence electrons. The lowest BCUT2D eigenvalue weighted by Crippen LogP contribution is -2.35. The third-order valence-corrected chi connectivity index (χ3v) is 7.49. The van der Waals surface area contributed by atoms with Crippen molar-refractivity contribution in [2.45, 2.75) is 44.6 Å². The molecule has 5 N–H and O–H groups in total. The third-order valence-electron chi connectivity index (χ3n) is 6.43. The molecule has 0 radical (unpaired) electrons. The number of pyridine rings is 1. The number of fused-ring (bicyclic) bond motifs is 1. The maximum absolute atomic E-state index is 10.6. The normalized spacial score (nSPS) is 22.9. The molecule has 1 saturated carbocycles. The highest BCUT2D eigenvalue weighted by Crippen LogP contribution is 2.38. The van der Waals surface area contributed by atoms with E-state index in [0.29, 0.717) is 18.2 Å². The Bertz CT molecular complexity index is 1280. The van der Waals surface area contributed by atoms with Gasteiger partial charge in [-0.3, -0.25) is 4.98 Å². The molecule has 0 spiro atoms. The van der Waals surface area contributed by atoms with E-state index in [1.165, 1.54) is 0 Å². The van der Waals surface area contributed by atoms with Gasteiger partial charge in [0.05, 0.1) is 45.4 Å². The van der Waals surface area contributed by atoms with Crippen molar-refractivity contribution in [1.82, 2.24) is 19.9 Å². The second kappa shape index (κ2) is 9.82. The number of aliphatic hydroxyl groups is 3. The van der Waals surface area contributed by atoms with Gasteiger partial charge in [0.1, 0.15) is 16.9 Å². The number of aryl methyl sites for hydroxylation is 1. The molecule has 0 aliphatic heterocycles. The van der Waals surface area contributed by atoms with Crippen molar-refractivity contribution in [1.29, 1.82) is 0 Å². The van der Waals surface area contributed by atoms with Crippen LogP contribution in [0.1, 0.15) is 30.8 Å². The molecule has 3 aromatic heterocycles. The molecule has 3 heterocycles. The number of anilines is 2. The molecule has 0 bridgehead atoms. The molecular weight excluding hydrogens is 464 g/mol. The van der Waals surface area contributed by atoms with Crippen LogP contribution in [-0.2, 0) is 0 Å². The first-order valence-corrected chi connectivity index (χ1v) is 12.4. The first-order valence-electron chi connectivity index (χ1n) is 11.6. The van der Waals surface area contributed by atoms with Gasteiger partial charge in [0.25, 0.3) is 0 Å². The molecule has 1 aliphatic carbocycles. The predicted molar refractivity (Wildman–Crippen MR) is 136 cm³/mol. The molecule has 1 aliphatic rings. The highest BCUT2D eigenvalue weighted by atomic mass is 32.1. The number of nitrogens with one attached hydrogen (secondary N) is 2. The number of thiazole rings is 1. The maximum atomic E-state index is 10.6. The number of hydrogen-bond acceptors (Lipinski definition) is 10. The number of aliphatic hydroxyl groups excluding tert-OH is 3. The zero-order valence-electron chi connectivity index (χ0n) is 19.5. The van der Waals surface area contributed by atoms with Crippen molar-refractivity contribution in [2.24, 2.45) is 5.92 Å². The van der Waals surface area contributed by atoms with Crippen LogP contribution in [0.2, 0.25) is 0 Å². The monoisotopic (exact) mass is 492 g/mol. The Morgan fingerprint density at radius 3 is 2.57 bits per heavy atom. The highest BCUT2D eigenvalue weighted by Gasteiger charge is 2.41. The quantitative estimate of drug-likeness (QED) is 0.263. The van der Waals surface area contributed by atoms with E-state index in [9.17, 15) is 15.3 Å². The van der Waals surface area contributed by atoms with Gasteiger partial charge in [-0.25, -0.2) is 9.97 Å². The Morgan fingerprint density at radius 1 is 1.06 bits per heavy atom. The van der Waals surface area contributed by atoms with Gasteiger partial charge in [-0.2, -0.15) is 4.98 Å². The molecule has 4 aromatic rings. The molecule has 9 nitrogen and oxygen atoms in total. The third kappa shape index (κ3) is 4.70. The summed E-state index contributed by atoms with van der Waals surface area (Å²) in [6.07, 6.45) is 0.115. The molecule has 0 saturated heterocycles. The summed E-state index contributed by atoms with van der Waals surface area (Å²) >= 11 is 1.55. The van der Waals surface area contributed by atoms with Gasteiger partial charge < -0.3 is 26.0 Å². The number of rotatable bonds is 7. The fourth-order valence-electron chi connectivity index (χ4n) is 4.50. The van der Waals surface area contributed by atoms with Crippen LogP contribution in [0.5, 0.6) is 0 Å². The summed E-state index contributed by atoms with van der Waals surface area (Å²) in [7, 11) is 0. The highest BCUT2D eigenvalue weighted by molar-refractivity contribution is 7.21.